The highest BCUT2D eigenvalue weighted by Gasteiger charge is 2.60. The van der Waals surface area contributed by atoms with Gasteiger partial charge in [0.15, 0.2) is 5.41 Å². The zero-order chi connectivity index (χ0) is 9.24. The van der Waals surface area contributed by atoms with E-state index in [-0.39, 0.29) is 0 Å². The van der Waals surface area contributed by atoms with Gasteiger partial charge in [0, 0.05) is 0 Å². The number of nitriles is 3. The molecule has 1 rings (SSSR count). The third-order valence-electron chi connectivity index (χ3n) is 2.94. The molecule has 1 aliphatic rings. The van der Waals surface area contributed by atoms with Crippen LogP contribution >= 0.6 is 0 Å². The summed E-state index contributed by atoms with van der Waals surface area (Å²) in [6.45, 7) is 1.85. The molecule has 1 atom stereocenters. The smallest absolute Gasteiger partial charge is 0.162 e. The van der Waals surface area contributed by atoms with Crippen molar-refractivity contribution in [3.63, 3.8) is 0 Å². The van der Waals surface area contributed by atoms with Crippen LogP contribution in [-0.2, 0) is 0 Å². The molecular formula is C9H9N3. The molecule has 0 radical (unpaired) electrons. The molecule has 12 heavy (non-hydrogen) atoms. The Balaban J connectivity index is 3.08. The van der Waals surface area contributed by atoms with E-state index in [9.17, 15) is 0 Å². The molecule has 0 aromatic rings. The summed E-state index contributed by atoms with van der Waals surface area (Å²) in [4.78, 5) is 0. The van der Waals surface area contributed by atoms with Gasteiger partial charge in [0.05, 0.1) is 23.6 Å². The second-order valence-electron chi connectivity index (χ2n) is 3.18. The van der Waals surface area contributed by atoms with Crippen LogP contribution < -0.4 is 0 Å². The molecule has 0 bridgehead atoms. The molecule has 0 amide bonds. The lowest BCUT2D eigenvalue weighted by Gasteiger charge is -2.45. The lowest BCUT2D eigenvalue weighted by molar-refractivity contribution is 0.0705. The Morgan fingerprint density at radius 2 is 1.67 bits per heavy atom. The van der Waals surface area contributed by atoms with Crippen molar-refractivity contribution in [1.82, 2.24) is 0 Å². The van der Waals surface area contributed by atoms with Gasteiger partial charge in [-0.25, -0.2) is 0 Å². The monoisotopic (exact) mass is 159 g/mol. The molecule has 3 heteroatoms. The van der Waals surface area contributed by atoms with Gasteiger partial charge in [-0.2, -0.15) is 15.8 Å². The van der Waals surface area contributed by atoms with Crippen molar-refractivity contribution in [3.05, 3.63) is 0 Å². The molecule has 0 aromatic heterocycles. The van der Waals surface area contributed by atoms with Crippen molar-refractivity contribution >= 4 is 0 Å². The summed E-state index contributed by atoms with van der Waals surface area (Å²) in [7, 11) is 0. The first kappa shape index (κ1) is 8.57. The number of rotatable bonds is 1. The van der Waals surface area contributed by atoms with Gasteiger partial charge in [0.25, 0.3) is 0 Å². The van der Waals surface area contributed by atoms with Crippen molar-refractivity contribution in [2.75, 3.05) is 0 Å². The van der Waals surface area contributed by atoms with E-state index in [2.05, 4.69) is 6.07 Å². The van der Waals surface area contributed by atoms with E-state index in [0.29, 0.717) is 19.3 Å². The Labute approximate surface area is 71.8 Å². The summed E-state index contributed by atoms with van der Waals surface area (Å²) < 4.78 is 0. The van der Waals surface area contributed by atoms with E-state index < -0.39 is 10.8 Å². The Morgan fingerprint density at radius 1 is 1.08 bits per heavy atom. The molecule has 0 N–H and O–H groups in total. The van der Waals surface area contributed by atoms with Gasteiger partial charge in [0.1, 0.15) is 0 Å². The van der Waals surface area contributed by atoms with Crippen molar-refractivity contribution in [2.24, 2.45) is 10.8 Å². The van der Waals surface area contributed by atoms with Crippen LogP contribution in [0.1, 0.15) is 26.2 Å². The molecular weight excluding hydrogens is 150 g/mol. The maximum Gasteiger partial charge on any atom is 0.162 e. The maximum absolute atomic E-state index is 8.88. The predicted octanol–water partition coefficient (Wildman–Crippen LogP) is 1.73. The fraction of sp³-hybridized carbons (Fsp3) is 0.667. The van der Waals surface area contributed by atoms with Crippen LogP contribution in [0.2, 0.25) is 0 Å². The van der Waals surface area contributed by atoms with Crippen LogP contribution in [0.15, 0.2) is 0 Å². The second-order valence-corrected chi connectivity index (χ2v) is 3.18. The van der Waals surface area contributed by atoms with E-state index >= 15 is 0 Å². The summed E-state index contributed by atoms with van der Waals surface area (Å²) >= 11 is 0. The number of hydrogen-bond donors (Lipinski definition) is 0. The largest absolute Gasteiger partial charge is 0.198 e. The first-order valence-electron chi connectivity index (χ1n) is 3.94. The molecule has 0 heterocycles. The van der Waals surface area contributed by atoms with E-state index in [4.69, 9.17) is 15.8 Å². The number of hydrogen-bond acceptors (Lipinski definition) is 3. The highest BCUT2D eigenvalue weighted by atomic mass is 14.6. The molecule has 0 aromatic carbocycles. The Morgan fingerprint density at radius 3 is 1.75 bits per heavy atom. The second kappa shape index (κ2) is 2.50. The lowest BCUT2D eigenvalue weighted by atomic mass is 9.50. The molecule has 0 aliphatic heterocycles. The van der Waals surface area contributed by atoms with Gasteiger partial charge >= 0.3 is 0 Å². The lowest BCUT2D eigenvalue weighted by Crippen LogP contribution is -2.48. The van der Waals surface area contributed by atoms with Gasteiger partial charge in [-0.3, -0.25) is 0 Å². The van der Waals surface area contributed by atoms with E-state index in [0.717, 1.165) is 0 Å². The topological polar surface area (TPSA) is 71.4 Å². The van der Waals surface area contributed by atoms with Gasteiger partial charge < -0.3 is 0 Å². The van der Waals surface area contributed by atoms with Gasteiger partial charge in [-0.05, 0) is 19.3 Å². The molecule has 3 nitrogen and oxygen atoms in total. The summed E-state index contributed by atoms with van der Waals surface area (Å²) in [5.41, 5.74) is -1.73. The highest BCUT2D eigenvalue weighted by molar-refractivity contribution is 5.32. The first-order chi connectivity index (χ1) is 5.70. The normalized spacial score (nSPS) is 30.5. The van der Waals surface area contributed by atoms with E-state index in [1.54, 1.807) is 0 Å². The molecule has 1 aliphatic carbocycles. The first-order valence-corrected chi connectivity index (χ1v) is 3.94. The Hall–Kier alpha value is -1.53. The zero-order valence-corrected chi connectivity index (χ0v) is 6.96. The van der Waals surface area contributed by atoms with Crippen LogP contribution in [0.4, 0.5) is 0 Å². The van der Waals surface area contributed by atoms with Crippen LogP contribution in [0.25, 0.3) is 0 Å². The van der Waals surface area contributed by atoms with Gasteiger partial charge in [-0.1, -0.05) is 6.92 Å². The van der Waals surface area contributed by atoms with Crippen molar-refractivity contribution in [3.8, 4) is 18.2 Å². The van der Waals surface area contributed by atoms with Gasteiger partial charge in [0.2, 0.25) is 0 Å². The highest BCUT2D eigenvalue weighted by Crippen LogP contribution is 2.57. The summed E-state index contributed by atoms with van der Waals surface area (Å²) in [6.07, 6.45) is 1.81. The summed E-state index contributed by atoms with van der Waals surface area (Å²) in [5, 5.41) is 26.5. The van der Waals surface area contributed by atoms with E-state index in [1.165, 1.54) is 0 Å². The molecule has 1 saturated carbocycles. The number of nitrogens with zero attached hydrogens (tertiary/aromatic N) is 3. The standard InChI is InChI=1S/C9H9N3/c1-2-8(5-10)3-4-9(8,6-11)7-12/h2-4H2,1H3. The molecule has 60 valence electrons. The van der Waals surface area contributed by atoms with Crippen LogP contribution in [0, 0.1) is 44.8 Å². The fourth-order valence-electron chi connectivity index (χ4n) is 1.74. The maximum atomic E-state index is 8.88. The average Bonchev–Trinajstić information content (AvgIpc) is 2.08. The van der Waals surface area contributed by atoms with Crippen molar-refractivity contribution in [2.45, 2.75) is 26.2 Å². The van der Waals surface area contributed by atoms with Crippen molar-refractivity contribution < 1.29 is 0 Å². The molecule has 0 saturated heterocycles. The third-order valence-corrected chi connectivity index (χ3v) is 2.94. The minimum absolute atomic E-state index is 0.543. The zero-order valence-electron chi connectivity index (χ0n) is 6.96. The summed E-state index contributed by atoms with van der Waals surface area (Å²) in [6, 6.07) is 6.06. The minimum atomic E-state index is -1.03. The van der Waals surface area contributed by atoms with Crippen LogP contribution in [0.5, 0.6) is 0 Å². The van der Waals surface area contributed by atoms with Crippen LogP contribution in [0.3, 0.4) is 0 Å². The fourth-order valence-corrected chi connectivity index (χ4v) is 1.74. The Kier molecular flexibility index (Phi) is 1.79. The molecule has 1 unspecified atom stereocenters. The minimum Gasteiger partial charge on any atom is -0.198 e. The van der Waals surface area contributed by atoms with Crippen molar-refractivity contribution in [1.29, 1.82) is 15.8 Å². The third kappa shape index (κ3) is 0.675. The Bertz CT molecular complexity index is 294. The summed E-state index contributed by atoms with van der Waals surface area (Å²) in [5.74, 6) is 0. The molecule has 1 fully saturated rings. The predicted molar refractivity (Wildman–Crippen MR) is 41.2 cm³/mol. The molecule has 0 spiro atoms. The average molecular weight is 159 g/mol. The van der Waals surface area contributed by atoms with E-state index in [1.807, 2.05) is 19.1 Å². The van der Waals surface area contributed by atoms with Gasteiger partial charge in [-0.15, -0.1) is 0 Å². The quantitative estimate of drug-likeness (QED) is 0.584. The van der Waals surface area contributed by atoms with Crippen LogP contribution in [-0.4, -0.2) is 0 Å². The SMILES string of the molecule is CCC1(C#N)CCC1(C#N)C#N.